The summed E-state index contributed by atoms with van der Waals surface area (Å²) in [6, 6.07) is 16.5. The van der Waals surface area contributed by atoms with Crippen molar-refractivity contribution >= 4 is 12.1 Å². The minimum Gasteiger partial charge on any atom is -0.481 e. The van der Waals surface area contributed by atoms with Gasteiger partial charge < -0.3 is 14.7 Å². The topological polar surface area (TPSA) is 66.8 Å². The zero-order valence-corrected chi connectivity index (χ0v) is 14.9. The first-order valence-electron chi connectivity index (χ1n) is 9.47. The van der Waals surface area contributed by atoms with Gasteiger partial charge in [-0.15, -0.1) is 0 Å². The number of hydrogen-bond acceptors (Lipinski definition) is 3. The lowest BCUT2D eigenvalue weighted by molar-refractivity contribution is -0.142. The van der Waals surface area contributed by atoms with Crippen molar-refractivity contribution in [3.63, 3.8) is 0 Å². The number of carbonyl (C=O) groups excluding carboxylic acids is 1. The van der Waals surface area contributed by atoms with Crippen LogP contribution in [0.5, 0.6) is 0 Å². The molecule has 2 aromatic carbocycles. The number of carbonyl (C=O) groups is 2. The van der Waals surface area contributed by atoms with E-state index >= 15 is 0 Å². The second kappa shape index (κ2) is 5.84. The summed E-state index contributed by atoms with van der Waals surface area (Å²) in [7, 11) is 0. The van der Waals surface area contributed by atoms with Crippen molar-refractivity contribution in [1.82, 2.24) is 4.90 Å². The monoisotopic (exact) mass is 363 g/mol. The van der Waals surface area contributed by atoms with Crippen LogP contribution in [0.2, 0.25) is 0 Å². The smallest absolute Gasteiger partial charge is 0.410 e. The number of benzene rings is 2. The molecule has 2 fully saturated rings. The van der Waals surface area contributed by atoms with Crippen molar-refractivity contribution in [2.75, 3.05) is 13.2 Å². The van der Waals surface area contributed by atoms with E-state index in [0.717, 1.165) is 12.8 Å². The number of likely N-dealkylation sites (tertiary alicyclic amines) is 1. The van der Waals surface area contributed by atoms with Gasteiger partial charge in [0.05, 0.1) is 11.5 Å². The summed E-state index contributed by atoms with van der Waals surface area (Å²) in [6.07, 6.45) is 1.65. The largest absolute Gasteiger partial charge is 0.481 e. The Bertz CT molecular complexity index is 888. The van der Waals surface area contributed by atoms with Gasteiger partial charge in [0.15, 0.2) is 0 Å². The molecular formula is C22H21NO4. The lowest BCUT2D eigenvalue weighted by Crippen LogP contribution is -2.42. The molecule has 5 nitrogen and oxygen atoms in total. The van der Waals surface area contributed by atoms with E-state index in [2.05, 4.69) is 24.3 Å². The number of carboxylic acid groups (broad SMARTS) is 1. The van der Waals surface area contributed by atoms with Crippen LogP contribution >= 0.6 is 0 Å². The summed E-state index contributed by atoms with van der Waals surface area (Å²) < 4.78 is 5.72. The maximum Gasteiger partial charge on any atom is 0.410 e. The maximum atomic E-state index is 12.8. The van der Waals surface area contributed by atoms with E-state index in [1.807, 2.05) is 24.3 Å². The number of ether oxygens (including phenoxy) is 1. The fourth-order valence-electron chi connectivity index (χ4n) is 4.98. The summed E-state index contributed by atoms with van der Waals surface area (Å²) in [5.74, 6) is -1.24. The lowest BCUT2D eigenvalue weighted by atomic mass is 9.98. The van der Waals surface area contributed by atoms with E-state index in [4.69, 9.17) is 4.74 Å². The van der Waals surface area contributed by atoms with Crippen LogP contribution in [0.4, 0.5) is 4.79 Å². The third kappa shape index (κ3) is 2.37. The minimum absolute atomic E-state index is 0.0226. The standard InChI is InChI=1S/C22H21NO4/c24-20(25)19-9-12-23(22(19)10-11-22)21(26)27-13-18-16-7-3-1-5-14(16)15-6-2-4-8-17(15)18/h1-8,18-19H,9-13H2,(H,24,25). The number of amides is 1. The Morgan fingerprint density at radius 3 is 2.19 bits per heavy atom. The Kier molecular flexibility index (Phi) is 3.54. The molecule has 2 aliphatic carbocycles. The summed E-state index contributed by atoms with van der Waals surface area (Å²) in [5.41, 5.74) is 4.24. The van der Waals surface area contributed by atoms with E-state index in [1.54, 1.807) is 4.90 Å². The third-order valence-electron chi connectivity index (χ3n) is 6.44. The normalized spacial score (nSPS) is 21.8. The highest BCUT2D eigenvalue weighted by Crippen LogP contribution is 2.53. The van der Waals surface area contributed by atoms with Crippen LogP contribution in [0.3, 0.4) is 0 Å². The number of hydrogen-bond donors (Lipinski definition) is 1. The molecule has 1 spiro atoms. The van der Waals surface area contributed by atoms with Gasteiger partial charge in [0.25, 0.3) is 0 Å². The van der Waals surface area contributed by atoms with Gasteiger partial charge in [-0.3, -0.25) is 4.79 Å². The molecule has 0 bridgehead atoms. The molecular weight excluding hydrogens is 342 g/mol. The number of aliphatic carboxylic acids is 1. The highest BCUT2D eigenvalue weighted by molar-refractivity contribution is 5.80. The fourth-order valence-corrected chi connectivity index (χ4v) is 4.98. The van der Waals surface area contributed by atoms with Gasteiger partial charge >= 0.3 is 12.1 Å². The SMILES string of the molecule is O=C(O)C1CCN(C(=O)OCC2c3ccccc3-c3ccccc32)C12CC2. The zero-order valence-electron chi connectivity index (χ0n) is 14.9. The van der Waals surface area contributed by atoms with Crippen molar-refractivity contribution < 1.29 is 19.4 Å². The van der Waals surface area contributed by atoms with Crippen LogP contribution in [0.15, 0.2) is 48.5 Å². The Labute approximate surface area is 157 Å². The quantitative estimate of drug-likeness (QED) is 0.899. The average molecular weight is 363 g/mol. The number of nitrogens with zero attached hydrogens (tertiary/aromatic N) is 1. The summed E-state index contributed by atoms with van der Waals surface area (Å²) in [5, 5.41) is 9.43. The van der Waals surface area contributed by atoms with Crippen molar-refractivity contribution in [3.05, 3.63) is 59.7 Å². The van der Waals surface area contributed by atoms with Crippen molar-refractivity contribution in [1.29, 1.82) is 0 Å². The summed E-state index contributed by atoms with van der Waals surface area (Å²) in [6.45, 7) is 0.741. The predicted octanol–water partition coefficient (Wildman–Crippen LogP) is 3.87. The predicted molar refractivity (Wildman–Crippen MR) is 99.5 cm³/mol. The minimum atomic E-state index is -0.804. The van der Waals surface area contributed by atoms with Crippen LogP contribution in [0.1, 0.15) is 36.3 Å². The van der Waals surface area contributed by atoms with Crippen LogP contribution in [-0.2, 0) is 9.53 Å². The van der Waals surface area contributed by atoms with E-state index in [9.17, 15) is 14.7 Å². The van der Waals surface area contributed by atoms with Gasteiger partial charge in [0, 0.05) is 12.5 Å². The van der Waals surface area contributed by atoms with Crippen molar-refractivity contribution in [3.8, 4) is 11.1 Å². The molecule has 1 amide bonds. The molecule has 1 unspecified atom stereocenters. The third-order valence-corrected chi connectivity index (χ3v) is 6.44. The molecule has 1 heterocycles. The second-order valence-corrected chi connectivity index (χ2v) is 7.74. The number of rotatable bonds is 3. The first-order chi connectivity index (χ1) is 13.1. The Morgan fingerprint density at radius 2 is 1.63 bits per heavy atom. The highest BCUT2D eigenvalue weighted by Gasteiger charge is 2.62. The Hall–Kier alpha value is -2.82. The number of carboxylic acids is 1. The molecule has 1 aliphatic heterocycles. The van der Waals surface area contributed by atoms with Gasteiger partial charge in [0.2, 0.25) is 0 Å². The van der Waals surface area contributed by atoms with E-state index < -0.39 is 17.4 Å². The van der Waals surface area contributed by atoms with Gasteiger partial charge in [-0.1, -0.05) is 48.5 Å². The van der Waals surface area contributed by atoms with Crippen LogP contribution < -0.4 is 0 Å². The van der Waals surface area contributed by atoms with E-state index in [0.29, 0.717) is 13.0 Å². The molecule has 1 atom stereocenters. The molecule has 0 radical (unpaired) electrons. The van der Waals surface area contributed by atoms with Gasteiger partial charge in [-0.2, -0.15) is 0 Å². The van der Waals surface area contributed by atoms with Crippen LogP contribution in [0.25, 0.3) is 11.1 Å². The summed E-state index contributed by atoms with van der Waals surface area (Å²) in [4.78, 5) is 25.9. The molecule has 2 aromatic rings. The maximum absolute atomic E-state index is 12.8. The van der Waals surface area contributed by atoms with Crippen molar-refractivity contribution in [2.45, 2.75) is 30.7 Å². The molecule has 1 saturated carbocycles. The molecule has 27 heavy (non-hydrogen) atoms. The van der Waals surface area contributed by atoms with E-state index in [1.165, 1.54) is 22.3 Å². The molecule has 3 aliphatic rings. The molecule has 1 saturated heterocycles. The molecule has 1 N–H and O–H groups in total. The Morgan fingerprint density at radius 1 is 1.04 bits per heavy atom. The van der Waals surface area contributed by atoms with Crippen LogP contribution in [0, 0.1) is 5.92 Å². The van der Waals surface area contributed by atoms with Crippen LogP contribution in [-0.4, -0.2) is 40.8 Å². The average Bonchev–Trinajstić information content (AvgIpc) is 3.25. The lowest BCUT2D eigenvalue weighted by Gasteiger charge is -2.26. The molecule has 5 rings (SSSR count). The van der Waals surface area contributed by atoms with Gasteiger partial charge in [0.1, 0.15) is 6.61 Å². The molecule has 138 valence electrons. The van der Waals surface area contributed by atoms with Gasteiger partial charge in [-0.05, 0) is 41.5 Å². The first-order valence-corrected chi connectivity index (χ1v) is 9.47. The van der Waals surface area contributed by atoms with Crippen molar-refractivity contribution in [2.24, 2.45) is 5.92 Å². The van der Waals surface area contributed by atoms with E-state index in [-0.39, 0.29) is 18.6 Å². The number of fused-ring (bicyclic) bond motifs is 3. The zero-order chi connectivity index (χ0) is 18.6. The molecule has 5 heteroatoms. The second-order valence-electron chi connectivity index (χ2n) is 7.74. The van der Waals surface area contributed by atoms with Gasteiger partial charge in [-0.25, -0.2) is 4.79 Å². The first kappa shape index (κ1) is 16.4. The fraction of sp³-hybridized carbons (Fsp3) is 0.364. The Balaban J connectivity index is 1.35. The summed E-state index contributed by atoms with van der Waals surface area (Å²) >= 11 is 0. The highest BCUT2D eigenvalue weighted by atomic mass is 16.6. The molecule has 0 aromatic heterocycles.